The van der Waals surface area contributed by atoms with Crippen LogP contribution < -0.4 is 15.8 Å². The average Bonchev–Trinajstić information content (AvgIpc) is 3.38. The third-order valence-corrected chi connectivity index (χ3v) is 5.72. The van der Waals surface area contributed by atoms with Crippen molar-refractivity contribution in [3.8, 4) is 5.75 Å². The number of hydrogen-bond acceptors (Lipinski definition) is 7. The molecule has 1 aliphatic rings. The number of carbonyl (C=O) groups excluding carboxylic acids is 1. The molecule has 2 aromatic carbocycles. The average molecular weight is 496 g/mol. The number of benzene rings is 2. The monoisotopic (exact) mass is 494 g/mol. The zero-order valence-electron chi connectivity index (χ0n) is 17.0. The third-order valence-electron chi connectivity index (χ3n) is 4.99. The van der Waals surface area contributed by atoms with E-state index in [4.69, 9.17) is 45.3 Å². The number of nitrogens with two attached hydrogens (primary N) is 1. The van der Waals surface area contributed by atoms with E-state index in [9.17, 15) is 4.79 Å². The van der Waals surface area contributed by atoms with Crippen molar-refractivity contribution in [2.75, 3.05) is 37.3 Å². The Labute approximate surface area is 200 Å². The molecule has 4 rings (SSSR count). The molecule has 0 saturated carbocycles. The van der Waals surface area contributed by atoms with Crippen molar-refractivity contribution >= 4 is 58.3 Å². The van der Waals surface area contributed by atoms with Crippen molar-refractivity contribution in [1.29, 1.82) is 0 Å². The summed E-state index contributed by atoms with van der Waals surface area (Å²) in [5, 5.41) is 8.24. The molecule has 1 fully saturated rings. The second kappa shape index (κ2) is 9.95. The van der Waals surface area contributed by atoms with Crippen LogP contribution in [0.15, 0.2) is 36.4 Å². The molecule has 0 radical (unpaired) electrons. The molecular weight excluding hydrogens is 475 g/mol. The molecule has 168 valence electrons. The van der Waals surface area contributed by atoms with Crippen LogP contribution in [0, 0.1) is 0 Å². The summed E-state index contributed by atoms with van der Waals surface area (Å²) in [5.41, 5.74) is 6.74. The maximum absolute atomic E-state index is 12.7. The van der Waals surface area contributed by atoms with Gasteiger partial charge in [-0.1, -0.05) is 34.8 Å². The fourth-order valence-electron chi connectivity index (χ4n) is 3.44. The van der Waals surface area contributed by atoms with E-state index in [1.165, 1.54) is 31.0 Å². The first-order valence-electron chi connectivity index (χ1n) is 10.0. The molecule has 3 aromatic rings. The maximum atomic E-state index is 12.7. The van der Waals surface area contributed by atoms with Crippen molar-refractivity contribution in [3.05, 3.63) is 57.0 Å². The van der Waals surface area contributed by atoms with Crippen LogP contribution in [0.3, 0.4) is 0 Å². The molecule has 0 unspecified atom stereocenters. The lowest BCUT2D eigenvalue weighted by Crippen LogP contribution is -2.25. The van der Waals surface area contributed by atoms with Gasteiger partial charge in [-0.25, -0.2) is 0 Å². The van der Waals surface area contributed by atoms with Crippen LogP contribution in [0.1, 0.15) is 23.2 Å². The fraction of sp³-hybridized carbons (Fsp3) is 0.286. The van der Waals surface area contributed by atoms with Crippen LogP contribution in [0.2, 0.25) is 15.1 Å². The molecule has 0 amide bonds. The summed E-state index contributed by atoms with van der Waals surface area (Å²) < 4.78 is 6.78. The molecular formula is C21H21Cl3N6O2. The van der Waals surface area contributed by atoms with Crippen LogP contribution in [0.25, 0.3) is 0 Å². The summed E-state index contributed by atoms with van der Waals surface area (Å²) in [6.45, 7) is 3.69. The third kappa shape index (κ3) is 5.45. The Kier molecular flexibility index (Phi) is 7.05. The second-order valence-corrected chi connectivity index (χ2v) is 8.62. The highest BCUT2D eigenvalue weighted by atomic mass is 35.5. The lowest BCUT2D eigenvalue weighted by Gasteiger charge is -2.15. The van der Waals surface area contributed by atoms with Crippen molar-refractivity contribution in [2.45, 2.75) is 12.8 Å². The fourth-order valence-corrected chi connectivity index (χ4v) is 4.20. The topological polar surface area (TPSA) is 98.3 Å². The lowest BCUT2D eigenvalue weighted by atomic mass is 10.2. The minimum Gasteiger partial charge on any atom is -0.491 e. The van der Waals surface area contributed by atoms with Gasteiger partial charge in [0.1, 0.15) is 12.4 Å². The number of nitrogen functional groups attached to an aromatic ring is 1. The van der Waals surface area contributed by atoms with E-state index >= 15 is 0 Å². The van der Waals surface area contributed by atoms with Crippen molar-refractivity contribution in [1.82, 2.24) is 19.7 Å². The Bertz CT molecular complexity index is 1110. The molecule has 2 heterocycles. The SMILES string of the molecule is Nc1nc(Nc2ccc(OCCN3CCCC3)c(Cl)c2)nn1C(=O)c1cc(Cl)cc(Cl)c1. The summed E-state index contributed by atoms with van der Waals surface area (Å²) in [4.78, 5) is 19.2. The number of aromatic nitrogens is 3. The quantitative estimate of drug-likeness (QED) is 0.489. The highest BCUT2D eigenvalue weighted by molar-refractivity contribution is 6.35. The number of nitrogens with one attached hydrogen (secondary N) is 1. The standard InChI is InChI=1S/C21H21Cl3N6O2/c22-14-9-13(10-15(23)11-14)19(31)30-20(25)27-21(28-30)26-16-3-4-18(17(24)12-16)32-8-7-29-5-1-2-6-29/h3-4,9-12H,1-2,5-8H2,(H3,25,26,27,28). The van der Waals surface area contributed by atoms with Gasteiger partial charge in [0.05, 0.1) is 5.02 Å². The summed E-state index contributed by atoms with van der Waals surface area (Å²) in [6, 6.07) is 9.74. The van der Waals surface area contributed by atoms with Gasteiger partial charge in [0.15, 0.2) is 0 Å². The molecule has 0 aliphatic carbocycles. The highest BCUT2D eigenvalue weighted by Gasteiger charge is 2.18. The first kappa shape index (κ1) is 22.7. The van der Waals surface area contributed by atoms with Gasteiger partial charge in [0, 0.05) is 27.8 Å². The summed E-state index contributed by atoms with van der Waals surface area (Å²) >= 11 is 18.3. The van der Waals surface area contributed by atoms with Gasteiger partial charge < -0.3 is 15.8 Å². The van der Waals surface area contributed by atoms with Gasteiger partial charge in [-0.3, -0.25) is 9.69 Å². The molecule has 0 atom stereocenters. The largest absolute Gasteiger partial charge is 0.491 e. The zero-order chi connectivity index (χ0) is 22.7. The van der Waals surface area contributed by atoms with Gasteiger partial charge in [0.2, 0.25) is 11.9 Å². The number of hydrogen-bond donors (Lipinski definition) is 2. The summed E-state index contributed by atoms with van der Waals surface area (Å²) in [5.74, 6) is 0.152. The Hall–Kier alpha value is -2.52. The summed E-state index contributed by atoms with van der Waals surface area (Å²) in [6.07, 6.45) is 2.49. The molecule has 0 spiro atoms. The number of ether oxygens (including phenoxy) is 1. The Morgan fingerprint density at radius 3 is 2.50 bits per heavy atom. The van der Waals surface area contributed by atoms with Gasteiger partial charge in [0.25, 0.3) is 5.91 Å². The lowest BCUT2D eigenvalue weighted by molar-refractivity contribution is 0.0948. The Morgan fingerprint density at radius 2 is 1.81 bits per heavy atom. The predicted octanol–water partition coefficient (Wildman–Crippen LogP) is 4.73. The van der Waals surface area contributed by atoms with Crippen LogP contribution in [0.4, 0.5) is 17.6 Å². The van der Waals surface area contributed by atoms with Crippen LogP contribution in [-0.2, 0) is 0 Å². The van der Waals surface area contributed by atoms with E-state index in [-0.39, 0.29) is 17.5 Å². The first-order chi connectivity index (χ1) is 15.4. The van der Waals surface area contributed by atoms with Gasteiger partial charge >= 0.3 is 0 Å². The molecule has 1 saturated heterocycles. The maximum Gasteiger partial charge on any atom is 0.281 e. The van der Waals surface area contributed by atoms with Gasteiger partial charge in [-0.15, -0.1) is 5.10 Å². The normalized spacial score (nSPS) is 14.0. The van der Waals surface area contributed by atoms with E-state index in [1.54, 1.807) is 18.2 Å². The molecule has 1 aliphatic heterocycles. The number of halogens is 3. The summed E-state index contributed by atoms with van der Waals surface area (Å²) in [7, 11) is 0. The number of rotatable bonds is 7. The molecule has 1 aromatic heterocycles. The Morgan fingerprint density at radius 1 is 1.09 bits per heavy atom. The Balaban J connectivity index is 1.42. The van der Waals surface area contributed by atoms with E-state index in [0.29, 0.717) is 33.1 Å². The molecule has 11 heteroatoms. The number of nitrogens with zero attached hydrogens (tertiary/aromatic N) is 4. The number of anilines is 3. The van der Waals surface area contributed by atoms with E-state index < -0.39 is 5.91 Å². The van der Waals surface area contributed by atoms with Crippen molar-refractivity contribution in [2.24, 2.45) is 0 Å². The van der Waals surface area contributed by atoms with Crippen LogP contribution in [-0.4, -0.2) is 51.8 Å². The molecule has 8 nitrogen and oxygen atoms in total. The van der Waals surface area contributed by atoms with Gasteiger partial charge in [-0.2, -0.15) is 9.67 Å². The van der Waals surface area contributed by atoms with E-state index in [1.807, 2.05) is 0 Å². The first-order valence-corrected chi connectivity index (χ1v) is 11.2. The zero-order valence-corrected chi connectivity index (χ0v) is 19.3. The number of carbonyl (C=O) groups is 1. The van der Waals surface area contributed by atoms with Crippen LogP contribution >= 0.6 is 34.8 Å². The minimum atomic E-state index is -0.507. The van der Waals surface area contributed by atoms with E-state index in [0.717, 1.165) is 24.3 Å². The van der Waals surface area contributed by atoms with E-state index in [2.05, 4.69) is 20.3 Å². The van der Waals surface area contributed by atoms with Gasteiger partial charge in [-0.05, 0) is 62.3 Å². The molecule has 0 bridgehead atoms. The smallest absolute Gasteiger partial charge is 0.281 e. The molecule has 32 heavy (non-hydrogen) atoms. The molecule has 3 N–H and O–H groups in total. The highest BCUT2D eigenvalue weighted by Crippen LogP contribution is 2.29. The number of likely N-dealkylation sites (tertiary alicyclic amines) is 1. The van der Waals surface area contributed by atoms with Crippen LogP contribution in [0.5, 0.6) is 5.75 Å². The van der Waals surface area contributed by atoms with Crippen molar-refractivity contribution in [3.63, 3.8) is 0 Å². The minimum absolute atomic E-state index is 0.0819. The second-order valence-electron chi connectivity index (χ2n) is 7.34. The predicted molar refractivity (Wildman–Crippen MR) is 127 cm³/mol. The van der Waals surface area contributed by atoms with Crippen molar-refractivity contribution < 1.29 is 9.53 Å².